The average molecular weight is 518 g/mol. The van der Waals surface area contributed by atoms with Gasteiger partial charge in [0, 0.05) is 24.6 Å². The number of quaternary nitrogens is 1. The predicted molar refractivity (Wildman–Crippen MR) is 117 cm³/mol. The SMILES string of the molecule is O=C(c1cc(C(F)(F)F)cc(C(F)(F)F)c1)[N@@+]12CC[C@@](N3CCSCC3)(O1)C(c1ccccc1)C2. The van der Waals surface area contributed by atoms with Crippen LogP contribution in [0.4, 0.5) is 26.3 Å². The Morgan fingerprint density at radius 1 is 0.971 bits per heavy atom. The van der Waals surface area contributed by atoms with Crippen molar-refractivity contribution in [1.29, 1.82) is 0 Å². The molecule has 0 aromatic heterocycles. The average Bonchev–Trinajstić information content (AvgIpc) is 3.40. The van der Waals surface area contributed by atoms with E-state index in [1.54, 1.807) is 11.8 Å². The summed E-state index contributed by atoms with van der Waals surface area (Å²) in [5, 5.41) is 0. The number of piperidine rings is 1. The van der Waals surface area contributed by atoms with Crippen molar-refractivity contribution in [3.05, 3.63) is 70.8 Å². The van der Waals surface area contributed by atoms with Gasteiger partial charge >= 0.3 is 18.3 Å². The molecule has 11 heteroatoms. The van der Waals surface area contributed by atoms with Crippen LogP contribution in [0.3, 0.4) is 0 Å². The summed E-state index contributed by atoms with van der Waals surface area (Å²) in [6.07, 6.45) is -9.61. The molecular weight excluding hydrogens is 494 g/mol. The van der Waals surface area contributed by atoms with Crippen LogP contribution >= 0.6 is 11.8 Å². The number of rotatable bonds is 3. The van der Waals surface area contributed by atoms with Gasteiger partial charge in [-0.3, -0.25) is 4.90 Å². The number of carbonyl (C=O) groups is 1. The number of amides is 1. The van der Waals surface area contributed by atoms with Gasteiger partial charge in [-0.1, -0.05) is 30.3 Å². The number of hydroxylamine groups is 3. The van der Waals surface area contributed by atoms with Gasteiger partial charge in [0.2, 0.25) is 0 Å². The van der Waals surface area contributed by atoms with Gasteiger partial charge in [0.25, 0.3) is 0 Å². The van der Waals surface area contributed by atoms with Crippen molar-refractivity contribution in [3.63, 3.8) is 0 Å². The fourth-order valence-electron chi connectivity index (χ4n) is 5.51. The second kappa shape index (κ2) is 8.50. The molecule has 2 aromatic rings. The highest BCUT2D eigenvalue weighted by Gasteiger charge is 2.70. The van der Waals surface area contributed by atoms with Crippen LogP contribution in [-0.2, 0) is 17.2 Å². The van der Waals surface area contributed by atoms with Crippen molar-refractivity contribution < 1.29 is 40.6 Å². The quantitative estimate of drug-likeness (QED) is 0.394. The zero-order valence-electron chi connectivity index (χ0n) is 18.5. The van der Waals surface area contributed by atoms with E-state index in [1.165, 1.54) is 0 Å². The second-order valence-electron chi connectivity index (χ2n) is 9.14. The topological polar surface area (TPSA) is 29.5 Å². The molecule has 2 bridgehead atoms. The normalized spacial score (nSPS) is 29.5. The van der Waals surface area contributed by atoms with Crippen LogP contribution in [0.1, 0.15) is 39.4 Å². The van der Waals surface area contributed by atoms with E-state index in [0.29, 0.717) is 18.6 Å². The lowest BCUT2D eigenvalue weighted by Gasteiger charge is -2.40. The van der Waals surface area contributed by atoms with Crippen molar-refractivity contribution in [2.75, 3.05) is 37.7 Å². The molecule has 0 saturated carbocycles. The third-order valence-electron chi connectivity index (χ3n) is 7.14. The number of hydrogen-bond acceptors (Lipinski definition) is 4. The Bertz CT molecular complexity index is 1090. The summed E-state index contributed by atoms with van der Waals surface area (Å²) in [4.78, 5) is 22.3. The summed E-state index contributed by atoms with van der Waals surface area (Å²) in [5.74, 6) is 0.623. The standard InChI is InChI=1S/C24H23F6N2O2S/c25-23(26,27)18-12-17(13-19(14-18)24(28,29)30)21(33)32-9-6-22(34-32,31-7-10-35-11-8-31)20(15-32)16-4-2-1-3-5-16/h1-5,12-14,20H,6-11,15H2/q+1/t20?,22-,32+/m1/s1. The molecule has 0 aliphatic carbocycles. The van der Waals surface area contributed by atoms with Crippen molar-refractivity contribution >= 4 is 17.7 Å². The van der Waals surface area contributed by atoms with Crippen LogP contribution in [0.25, 0.3) is 0 Å². The van der Waals surface area contributed by atoms with Gasteiger partial charge in [0.15, 0.2) is 5.72 Å². The maximum atomic E-state index is 13.7. The van der Waals surface area contributed by atoms with Crippen LogP contribution in [-0.4, -0.2) is 58.9 Å². The first-order valence-electron chi connectivity index (χ1n) is 11.2. The van der Waals surface area contributed by atoms with E-state index >= 15 is 0 Å². The summed E-state index contributed by atoms with van der Waals surface area (Å²) in [6, 6.07) is 10.5. The van der Waals surface area contributed by atoms with Crippen molar-refractivity contribution in [2.45, 2.75) is 30.4 Å². The van der Waals surface area contributed by atoms with Crippen molar-refractivity contribution in [2.24, 2.45) is 0 Å². The van der Waals surface area contributed by atoms with E-state index in [9.17, 15) is 31.1 Å². The van der Waals surface area contributed by atoms with E-state index < -0.39 is 45.3 Å². The maximum Gasteiger partial charge on any atom is 0.416 e. The molecule has 35 heavy (non-hydrogen) atoms. The smallest absolute Gasteiger partial charge is 0.268 e. The number of thioether (sulfide) groups is 1. The molecule has 3 heterocycles. The van der Waals surface area contributed by atoms with Crippen LogP contribution in [0.2, 0.25) is 0 Å². The van der Waals surface area contributed by atoms with Crippen molar-refractivity contribution in [3.8, 4) is 0 Å². The number of hydrogen-bond donors (Lipinski definition) is 0. The van der Waals surface area contributed by atoms with Crippen molar-refractivity contribution in [1.82, 2.24) is 4.90 Å². The van der Waals surface area contributed by atoms with Crippen LogP contribution < -0.4 is 0 Å². The fourth-order valence-corrected chi connectivity index (χ4v) is 6.41. The number of alkyl halides is 6. The van der Waals surface area contributed by atoms with Gasteiger partial charge in [0.05, 0.1) is 29.0 Å². The summed E-state index contributed by atoms with van der Waals surface area (Å²) in [6.45, 7) is 1.78. The number of benzene rings is 2. The Morgan fingerprint density at radius 2 is 1.57 bits per heavy atom. The number of carbonyl (C=O) groups excluding carboxylic acids is 1. The molecule has 1 unspecified atom stereocenters. The summed E-state index contributed by atoms with van der Waals surface area (Å²) in [5.41, 5.74) is -3.58. The largest absolute Gasteiger partial charge is 0.416 e. The molecule has 1 amide bonds. The van der Waals surface area contributed by atoms with Crippen LogP contribution in [0.15, 0.2) is 48.5 Å². The Balaban J connectivity index is 1.57. The first kappa shape index (κ1) is 24.6. The first-order valence-corrected chi connectivity index (χ1v) is 12.4. The summed E-state index contributed by atoms with van der Waals surface area (Å²) in [7, 11) is 0. The molecule has 3 aliphatic heterocycles. The van der Waals surface area contributed by atoms with E-state index in [4.69, 9.17) is 4.84 Å². The van der Waals surface area contributed by atoms with Gasteiger partial charge in [0.1, 0.15) is 13.1 Å². The predicted octanol–water partition coefficient (Wildman–Crippen LogP) is 5.56. The van der Waals surface area contributed by atoms with Gasteiger partial charge < -0.3 is 0 Å². The minimum Gasteiger partial charge on any atom is -0.268 e. The highest BCUT2D eigenvalue weighted by molar-refractivity contribution is 7.99. The Kier molecular flexibility index (Phi) is 5.98. The first-order chi connectivity index (χ1) is 16.4. The van der Waals surface area contributed by atoms with Gasteiger partial charge in [-0.15, -0.1) is 4.65 Å². The third kappa shape index (κ3) is 4.26. The molecule has 5 rings (SSSR count). The number of fused-ring (bicyclic) bond motifs is 2. The molecule has 0 N–H and O–H groups in total. The lowest BCUT2D eigenvalue weighted by Crippen LogP contribution is -2.54. The monoisotopic (exact) mass is 517 g/mol. The lowest BCUT2D eigenvalue weighted by molar-refractivity contribution is -1.02. The fraction of sp³-hybridized carbons (Fsp3) is 0.458. The Labute approximate surface area is 202 Å². The summed E-state index contributed by atoms with van der Waals surface area (Å²) >= 11 is 1.80. The molecule has 3 atom stereocenters. The zero-order chi connectivity index (χ0) is 25.1. The van der Waals surface area contributed by atoms with E-state index in [1.807, 2.05) is 30.3 Å². The molecule has 3 aliphatic rings. The molecule has 0 radical (unpaired) electrons. The molecule has 188 valence electrons. The highest BCUT2D eigenvalue weighted by atomic mass is 32.2. The molecule has 0 spiro atoms. The van der Waals surface area contributed by atoms with Crippen LogP contribution in [0.5, 0.6) is 0 Å². The second-order valence-corrected chi connectivity index (χ2v) is 10.4. The van der Waals surface area contributed by atoms with E-state index in [-0.39, 0.29) is 25.1 Å². The van der Waals surface area contributed by atoms with E-state index in [0.717, 1.165) is 30.2 Å². The molecule has 3 saturated heterocycles. The highest BCUT2D eigenvalue weighted by Crippen LogP contribution is 2.54. The van der Waals surface area contributed by atoms with Crippen LogP contribution in [0, 0.1) is 0 Å². The minimum atomic E-state index is -5.03. The zero-order valence-corrected chi connectivity index (χ0v) is 19.3. The minimum absolute atomic E-state index is 0.0358. The summed E-state index contributed by atoms with van der Waals surface area (Å²) < 4.78 is 79.9. The molecule has 4 nitrogen and oxygen atoms in total. The number of halogens is 6. The lowest BCUT2D eigenvalue weighted by atomic mass is 9.83. The van der Waals surface area contributed by atoms with Gasteiger partial charge in [-0.2, -0.15) is 42.9 Å². The molecular formula is C24H23F6N2O2S+. The Hall–Kier alpha value is -2.08. The molecule has 2 aromatic carbocycles. The molecule has 3 fully saturated rings. The van der Waals surface area contributed by atoms with E-state index in [2.05, 4.69) is 4.90 Å². The third-order valence-corrected chi connectivity index (χ3v) is 8.08. The Morgan fingerprint density at radius 3 is 2.14 bits per heavy atom. The number of nitrogens with zero attached hydrogens (tertiary/aromatic N) is 2. The maximum absolute atomic E-state index is 13.7. The van der Waals surface area contributed by atoms with Gasteiger partial charge in [-0.05, 0) is 23.8 Å². The van der Waals surface area contributed by atoms with Gasteiger partial charge in [-0.25, -0.2) is 4.79 Å².